The summed E-state index contributed by atoms with van der Waals surface area (Å²) in [6.45, 7) is 11.0. The van der Waals surface area contributed by atoms with E-state index < -0.39 is 0 Å². The summed E-state index contributed by atoms with van der Waals surface area (Å²) in [4.78, 5) is 5.22. The van der Waals surface area contributed by atoms with E-state index in [4.69, 9.17) is 0 Å². The molecule has 0 aromatic carbocycles. The normalized spacial score (nSPS) is 20.5. The molecule has 2 aliphatic rings. The van der Waals surface area contributed by atoms with E-state index in [0.717, 1.165) is 24.7 Å². The first-order valence-electron chi connectivity index (χ1n) is 8.59. The van der Waals surface area contributed by atoms with Gasteiger partial charge in [0.25, 0.3) is 0 Å². The SMILES string of the molecule is Cc1nnc2n1-c1sccc1CN(C1CCN(C(C)C)CC1)C2. The molecule has 2 aromatic rings. The number of hydrogen-bond acceptors (Lipinski definition) is 5. The van der Waals surface area contributed by atoms with Gasteiger partial charge in [0.05, 0.1) is 6.54 Å². The van der Waals surface area contributed by atoms with Crippen LogP contribution in [0.4, 0.5) is 0 Å². The zero-order valence-corrected chi connectivity index (χ0v) is 15.0. The summed E-state index contributed by atoms with van der Waals surface area (Å²) in [6, 6.07) is 3.58. The Labute approximate surface area is 141 Å². The van der Waals surface area contributed by atoms with Gasteiger partial charge in [-0.15, -0.1) is 21.5 Å². The van der Waals surface area contributed by atoms with Crippen LogP contribution < -0.4 is 0 Å². The number of rotatable bonds is 2. The third kappa shape index (κ3) is 2.73. The van der Waals surface area contributed by atoms with Gasteiger partial charge in [0, 0.05) is 24.2 Å². The first kappa shape index (κ1) is 15.3. The molecule has 0 atom stereocenters. The van der Waals surface area contributed by atoms with Crippen molar-refractivity contribution in [3.05, 3.63) is 28.7 Å². The number of piperidine rings is 1. The third-order valence-corrected chi connectivity index (χ3v) is 6.22. The molecular weight excluding hydrogens is 306 g/mol. The molecule has 6 heteroatoms. The van der Waals surface area contributed by atoms with Crippen LogP contribution in [0.1, 0.15) is 43.9 Å². The van der Waals surface area contributed by atoms with Crippen LogP contribution in [0.5, 0.6) is 0 Å². The molecule has 0 radical (unpaired) electrons. The van der Waals surface area contributed by atoms with Gasteiger partial charge in [-0.3, -0.25) is 9.47 Å². The van der Waals surface area contributed by atoms with Crippen LogP contribution in [-0.4, -0.2) is 49.7 Å². The van der Waals surface area contributed by atoms with Crippen molar-refractivity contribution < 1.29 is 0 Å². The summed E-state index contributed by atoms with van der Waals surface area (Å²) < 4.78 is 2.25. The van der Waals surface area contributed by atoms with Gasteiger partial charge in [-0.2, -0.15) is 0 Å². The zero-order valence-electron chi connectivity index (χ0n) is 14.2. The molecule has 5 nitrogen and oxygen atoms in total. The Kier molecular flexibility index (Phi) is 3.99. The standard InChI is InChI=1S/C17H25N5S/c1-12(2)20-7-4-15(5-8-20)21-10-14-6-9-23-17(14)22-13(3)18-19-16(22)11-21/h6,9,12,15H,4-5,7-8,10-11H2,1-3H3. The van der Waals surface area contributed by atoms with Gasteiger partial charge in [-0.25, -0.2) is 0 Å². The zero-order chi connectivity index (χ0) is 16.0. The Morgan fingerprint density at radius 2 is 1.96 bits per heavy atom. The van der Waals surface area contributed by atoms with E-state index in [1.807, 2.05) is 0 Å². The molecule has 0 unspecified atom stereocenters. The largest absolute Gasteiger partial charge is 0.301 e. The maximum absolute atomic E-state index is 4.45. The van der Waals surface area contributed by atoms with E-state index in [2.05, 4.69) is 56.8 Å². The van der Waals surface area contributed by atoms with Crippen molar-refractivity contribution in [2.75, 3.05) is 13.1 Å². The van der Waals surface area contributed by atoms with Crippen molar-refractivity contribution in [1.29, 1.82) is 0 Å². The van der Waals surface area contributed by atoms with Crippen molar-refractivity contribution in [3.8, 4) is 5.00 Å². The molecule has 0 saturated carbocycles. The van der Waals surface area contributed by atoms with Crippen molar-refractivity contribution in [3.63, 3.8) is 0 Å². The Hall–Kier alpha value is -1.24. The van der Waals surface area contributed by atoms with Crippen LogP contribution in [0.2, 0.25) is 0 Å². The molecule has 0 amide bonds. The van der Waals surface area contributed by atoms with Gasteiger partial charge >= 0.3 is 0 Å². The van der Waals surface area contributed by atoms with Crippen molar-refractivity contribution in [2.45, 2.75) is 58.8 Å². The molecule has 2 aromatic heterocycles. The number of fused-ring (bicyclic) bond motifs is 3. The molecule has 4 heterocycles. The van der Waals surface area contributed by atoms with E-state index in [9.17, 15) is 0 Å². The molecule has 0 aliphatic carbocycles. The maximum atomic E-state index is 4.45. The Balaban J connectivity index is 1.59. The molecule has 1 fully saturated rings. The Morgan fingerprint density at radius 1 is 1.17 bits per heavy atom. The highest BCUT2D eigenvalue weighted by atomic mass is 32.1. The average molecular weight is 331 g/mol. The second kappa shape index (κ2) is 6.00. The maximum Gasteiger partial charge on any atom is 0.152 e. The third-order valence-electron chi connectivity index (χ3n) is 5.28. The molecule has 0 spiro atoms. The van der Waals surface area contributed by atoms with E-state index in [1.54, 1.807) is 11.3 Å². The minimum atomic E-state index is 0.654. The van der Waals surface area contributed by atoms with E-state index in [0.29, 0.717) is 12.1 Å². The molecule has 23 heavy (non-hydrogen) atoms. The van der Waals surface area contributed by atoms with Crippen LogP contribution in [0, 0.1) is 6.92 Å². The topological polar surface area (TPSA) is 37.2 Å². The highest BCUT2D eigenvalue weighted by molar-refractivity contribution is 7.12. The molecule has 4 rings (SSSR count). The van der Waals surface area contributed by atoms with Gasteiger partial charge < -0.3 is 4.90 Å². The minimum absolute atomic E-state index is 0.654. The molecule has 124 valence electrons. The Morgan fingerprint density at radius 3 is 2.70 bits per heavy atom. The lowest BCUT2D eigenvalue weighted by atomic mass is 10.0. The number of nitrogens with zero attached hydrogens (tertiary/aromatic N) is 5. The van der Waals surface area contributed by atoms with Crippen LogP contribution in [0.3, 0.4) is 0 Å². The van der Waals surface area contributed by atoms with E-state index >= 15 is 0 Å². The summed E-state index contributed by atoms with van der Waals surface area (Å²) in [5, 5.41) is 12.3. The monoisotopic (exact) mass is 331 g/mol. The second-order valence-corrected chi connectivity index (χ2v) is 7.91. The Bertz CT molecular complexity index is 681. The molecule has 2 aliphatic heterocycles. The summed E-state index contributed by atoms with van der Waals surface area (Å²) in [7, 11) is 0. The lowest BCUT2D eigenvalue weighted by Crippen LogP contribution is -2.46. The fourth-order valence-corrected chi connectivity index (χ4v) is 4.89. The number of aromatic nitrogens is 3. The fraction of sp³-hybridized carbons (Fsp3) is 0.647. The van der Waals surface area contributed by atoms with Crippen molar-refractivity contribution in [2.24, 2.45) is 0 Å². The van der Waals surface area contributed by atoms with Gasteiger partial charge in [0.2, 0.25) is 0 Å². The molecular formula is C17H25N5S. The average Bonchev–Trinajstić information content (AvgIpc) is 3.10. The number of hydrogen-bond donors (Lipinski definition) is 0. The van der Waals surface area contributed by atoms with Crippen molar-refractivity contribution >= 4 is 11.3 Å². The first-order chi connectivity index (χ1) is 11.1. The van der Waals surface area contributed by atoms with Crippen molar-refractivity contribution in [1.82, 2.24) is 24.6 Å². The smallest absolute Gasteiger partial charge is 0.152 e. The molecule has 1 saturated heterocycles. The minimum Gasteiger partial charge on any atom is -0.301 e. The summed E-state index contributed by atoms with van der Waals surface area (Å²) >= 11 is 1.80. The lowest BCUT2D eigenvalue weighted by molar-refractivity contribution is 0.0817. The molecule has 0 bridgehead atoms. The van der Waals surface area contributed by atoms with Crippen LogP contribution >= 0.6 is 11.3 Å². The summed E-state index contributed by atoms with van der Waals surface area (Å²) in [6.07, 6.45) is 2.51. The van der Waals surface area contributed by atoms with Crippen LogP contribution in [0.25, 0.3) is 5.00 Å². The van der Waals surface area contributed by atoms with Gasteiger partial charge in [-0.05, 0) is 58.1 Å². The highest BCUT2D eigenvalue weighted by Crippen LogP contribution is 2.31. The van der Waals surface area contributed by atoms with E-state index in [1.165, 1.54) is 36.5 Å². The fourth-order valence-electron chi connectivity index (χ4n) is 3.90. The number of thiophene rings is 1. The highest BCUT2D eigenvalue weighted by Gasteiger charge is 2.30. The molecule has 0 N–H and O–H groups in total. The van der Waals surface area contributed by atoms with Gasteiger partial charge in [0.15, 0.2) is 5.82 Å². The lowest BCUT2D eigenvalue weighted by Gasteiger charge is -2.39. The number of aryl methyl sites for hydroxylation is 1. The van der Waals surface area contributed by atoms with Crippen LogP contribution in [-0.2, 0) is 13.1 Å². The van der Waals surface area contributed by atoms with Gasteiger partial charge in [0.1, 0.15) is 10.8 Å². The number of likely N-dealkylation sites (tertiary alicyclic amines) is 1. The van der Waals surface area contributed by atoms with Gasteiger partial charge in [-0.1, -0.05) is 0 Å². The quantitative estimate of drug-likeness (QED) is 0.848. The second-order valence-electron chi connectivity index (χ2n) is 7.02. The summed E-state index contributed by atoms with van der Waals surface area (Å²) in [5.41, 5.74) is 1.42. The predicted molar refractivity (Wildman–Crippen MR) is 93.0 cm³/mol. The predicted octanol–water partition coefficient (Wildman–Crippen LogP) is 2.83. The summed E-state index contributed by atoms with van der Waals surface area (Å²) in [5.74, 6) is 2.09. The van der Waals surface area contributed by atoms with E-state index in [-0.39, 0.29) is 0 Å². The first-order valence-corrected chi connectivity index (χ1v) is 9.47. The van der Waals surface area contributed by atoms with Crippen LogP contribution in [0.15, 0.2) is 11.4 Å².